The predicted octanol–water partition coefficient (Wildman–Crippen LogP) is 2.73. The normalized spacial score (nSPS) is 28.3. The average Bonchev–Trinajstić information content (AvgIpc) is 3.01. The van der Waals surface area contributed by atoms with Gasteiger partial charge in [0.25, 0.3) is 0 Å². The second kappa shape index (κ2) is 4.68. The van der Waals surface area contributed by atoms with Crippen LogP contribution in [-0.4, -0.2) is 23.1 Å². The lowest BCUT2D eigenvalue weighted by atomic mass is 9.97. The van der Waals surface area contributed by atoms with E-state index >= 15 is 0 Å². The molecule has 1 N–H and O–H groups in total. The molecule has 0 spiro atoms. The van der Waals surface area contributed by atoms with E-state index in [2.05, 4.69) is 0 Å². The molecule has 100 valence electrons. The number of benzene rings is 1. The zero-order valence-corrected chi connectivity index (χ0v) is 10.5. The Kier molecular flexibility index (Phi) is 3.01. The molecular weight excluding hydrogens is 244 g/mol. The summed E-state index contributed by atoms with van der Waals surface area (Å²) in [4.78, 5) is 23.2. The zero-order valence-electron chi connectivity index (χ0n) is 10.5. The fourth-order valence-corrected chi connectivity index (χ4v) is 3.38. The highest BCUT2D eigenvalue weighted by Crippen LogP contribution is 2.46. The summed E-state index contributed by atoms with van der Waals surface area (Å²) in [5.74, 6) is -0.431. The Morgan fingerprint density at radius 1 is 1.11 bits per heavy atom. The van der Waals surface area contributed by atoms with Crippen molar-refractivity contribution >= 4 is 11.9 Å². The van der Waals surface area contributed by atoms with Crippen molar-refractivity contribution in [3.05, 3.63) is 35.4 Å². The SMILES string of the molecule is O=C(O)c1ccccc1C(=O)O[C@@H]1C[C@H]2CC[C@@H]1C2. The maximum atomic E-state index is 12.1. The van der Waals surface area contributed by atoms with Crippen LogP contribution in [0.3, 0.4) is 0 Å². The Balaban J connectivity index is 1.76. The third-order valence-corrected chi connectivity index (χ3v) is 4.31. The maximum Gasteiger partial charge on any atom is 0.339 e. The van der Waals surface area contributed by atoms with Crippen molar-refractivity contribution in [2.45, 2.75) is 31.8 Å². The molecule has 0 saturated heterocycles. The lowest BCUT2D eigenvalue weighted by molar-refractivity contribution is 0.0154. The number of esters is 1. The zero-order chi connectivity index (χ0) is 13.4. The lowest BCUT2D eigenvalue weighted by Crippen LogP contribution is -2.25. The lowest BCUT2D eigenvalue weighted by Gasteiger charge is -2.22. The van der Waals surface area contributed by atoms with Crippen molar-refractivity contribution in [2.75, 3.05) is 0 Å². The largest absolute Gasteiger partial charge is 0.478 e. The molecule has 0 aromatic heterocycles. The highest BCUT2D eigenvalue weighted by molar-refractivity contribution is 6.02. The summed E-state index contributed by atoms with van der Waals surface area (Å²) in [7, 11) is 0. The minimum Gasteiger partial charge on any atom is -0.478 e. The van der Waals surface area contributed by atoms with E-state index in [0.717, 1.165) is 19.3 Å². The molecular formula is C15H16O4. The molecule has 1 aromatic rings. The van der Waals surface area contributed by atoms with Gasteiger partial charge in [-0.2, -0.15) is 0 Å². The number of hydrogen-bond acceptors (Lipinski definition) is 3. The molecule has 0 radical (unpaired) electrons. The van der Waals surface area contributed by atoms with Gasteiger partial charge in [-0.15, -0.1) is 0 Å². The molecule has 0 unspecified atom stereocenters. The number of carboxylic acid groups (broad SMARTS) is 1. The van der Waals surface area contributed by atoms with Crippen LogP contribution >= 0.6 is 0 Å². The van der Waals surface area contributed by atoms with Crippen LogP contribution in [0.25, 0.3) is 0 Å². The molecule has 3 rings (SSSR count). The van der Waals surface area contributed by atoms with Gasteiger partial charge in [-0.05, 0) is 49.7 Å². The molecule has 0 heterocycles. The quantitative estimate of drug-likeness (QED) is 0.849. The summed E-state index contributed by atoms with van der Waals surface area (Å²) in [5.41, 5.74) is 0.161. The summed E-state index contributed by atoms with van der Waals surface area (Å²) in [6, 6.07) is 6.21. The Bertz CT molecular complexity index is 523. The number of carbonyl (C=O) groups excluding carboxylic acids is 1. The number of carbonyl (C=O) groups is 2. The number of rotatable bonds is 3. The molecule has 19 heavy (non-hydrogen) atoms. The van der Waals surface area contributed by atoms with Crippen LogP contribution in [-0.2, 0) is 4.74 Å². The van der Waals surface area contributed by atoms with Gasteiger partial charge in [0.05, 0.1) is 11.1 Å². The Morgan fingerprint density at radius 2 is 1.84 bits per heavy atom. The van der Waals surface area contributed by atoms with Crippen LogP contribution in [0, 0.1) is 11.8 Å². The van der Waals surface area contributed by atoms with Crippen LogP contribution in [0.5, 0.6) is 0 Å². The van der Waals surface area contributed by atoms with Gasteiger partial charge in [0.2, 0.25) is 0 Å². The van der Waals surface area contributed by atoms with Crippen LogP contribution in [0.1, 0.15) is 46.4 Å². The van der Waals surface area contributed by atoms with E-state index in [9.17, 15) is 9.59 Å². The molecule has 0 amide bonds. The molecule has 2 aliphatic carbocycles. The number of hydrogen-bond donors (Lipinski definition) is 1. The van der Waals surface area contributed by atoms with E-state index in [1.54, 1.807) is 12.1 Å². The third-order valence-electron chi connectivity index (χ3n) is 4.31. The fourth-order valence-electron chi connectivity index (χ4n) is 3.38. The van der Waals surface area contributed by atoms with E-state index in [-0.39, 0.29) is 17.2 Å². The summed E-state index contributed by atoms with van der Waals surface area (Å²) in [5, 5.41) is 9.07. The molecule has 2 bridgehead atoms. The summed E-state index contributed by atoms with van der Waals surface area (Å²) in [6.45, 7) is 0. The highest BCUT2D eigenvalue weighted by Gasteiger charge is 2.42. The molecule has 4 heteroatoms. The first-order valence-electron chi connectivity index (χ1n) is 6.68. The van der Waals surface area contributed by atoms with Gasteiger partial charge >= 0.3 is 11.9 Å². The Hall–Kier alpha value is -1.84. The summed E-state index contributed by atoms with van der Waals surface area (Å²) < 4.78 is 5.52. The number of fused-ring (bicyclic) bond motifs is 2. The Labute approximate surface area is 111 Å². The van der Waals surface area contributed by atoms with E-state index in [1.165, 1.54) is 18.6 Å². The van der Waals surface area contributed by atoms with Crippen molar-refractivity contribution in [1.82, 2.24) is 0 Å². The van der Waals surface area contributed by atoms with E-state index < -0.39 is 11.9 Å². The second-order valence-electron chi connectivity index (χ2n) is 5.47. The first-order valence-corrected chi connectivity index (χ1v) is 6.68. The molecule has 2 aliphatic rings. The van der Waals surface area contributed by atoms with Crippen LogP contribution in [0.15, 0.2) is 24.3 Å². The van der Waals surface area contributed by atoms with E-state index in [1.807, 2.05) is 0 Å². The monoisotopic (exact) mass is 260 g/mol. The van der Waals surface area contributed by atoms with Gasteiger partial charge in [0, 0.05) is 0 Å². The molecule has 2 fully saturated rings. The summed E-state index contributed by atoms with van der Waals surface area (Å²) >= 11 is 0. The minimum absolute atomic E-state index is 0.00987. The van der Waals surface area contributed by atoms with Crippen molar-refractivity contribution in [1.29, 1.82) is 0 Å². The number of carboxylic acids is 1. The van der Waals surface area contributed by atoms with Gasteiger partial charge in [0.1, 0.15) is 6.10 Å². The van der Waals surface area contributed by atoms with Crippen molar-refractivity contribution < 1.29 is 19.4 Å². The first-order chi connectivity index (χ1) is 9.15. The highest BCUT2D eigenvalue weighted by atomic mass is 16.5. The van der Waals surface area contributed by atoms with Crippen LogP contribution < -0.4 is 0 Å². The van der Waals surface area contributed by atoms with E-state index in [4.69, 9.17) is 9.84 Å². The van der Waals surface area contributed by atoms with E-state index in [0.29, 0.717) is 11.8 Å². The van der Waals surface area contributed by atoms with Gasteiger partial charge in [-0.3, -0.25) is 0 Å². The first kappa shape index (κ1) is 12.2. The van der Waals surface area contributed by atoms with Crippen LogP contribution in [0.2, 0.25) is 0 Å². The predicted molar refractivity (Wildman–Crippen MR) is 68.1 cm³/mol. The second-order valence-corrected chi connectivity index (χ2v) is 5.47. The van der Waals surface area contributed by atoms with Gasteiger partial charge in [-0.25, -0.2) is 9.59 Å². The average molecular weight is 260 g/mol. The van der Waals surface area contributed by atoms with Gasteiger partial charge in [-0.1, -0.05) is 12.1 Å². The topological polar surface area (TPSA) is 63.6 Å². The van der Waals surface area contributed by atoms with Crippen LogP contribution in [0.4, 0.5) is 0 Å². The molecule has 2 saturated carbocycles. The van der Waals surface area contributed by atoms with Crippen molar-refractivity contribution in [2.24, 2.45) is 11.8 Å². The molecule has 0 aliphatic heterocycles. The standard InChI is InChI=1S/C15H16O4/c16-14(17)11-3-1-2-4-12(11)15(18)19-13-8-9-5-6-10(13)7-9/h1-4,9-10,13H,5-8H2,(H,16,17)/t9-,10+,13+/m0/s1. The molecule has 1 aromatic carbocycles. The van der Waals surface area contributed by atoms with Crippen molar-refractivity contribution in [3.8, 4) is 0 Å². The molecule has 4 nitrogen and oxygen atoms in total. The van der Waals surface area contributed by atoms with Crippen molar-refractivity contribution in [3.63, 3.8) is 0 Å². The van der Waals surface area contributed by atoms with Gasteiger partial charge < -0.3 is 9.84 Å². The number of aromatic carboxylic acids is 1. The fraction of sp³-hybridized carbons (Fsp3) is 0.467. The minimum atomic E-state index is -1.10. The third kappa shape index (κ3) is 2.23. The smallest absolute Gasteiger partial charge is 0.339 e. The molecule has 3 atom stereocenters. The van der Waals surface area contributed by atoms with Gasteiger partial charge in [0.15, 0.2) is 0 Å². The Morgan fingerprint density at radius 3 is 2.42 bits per heavy atom. The maximum absolute atomic E-state index is 12.1. The summed E-state index contributed by atoms with van der Waals surface area (Å²) in [6.07, 6.45) is 4.44. The number of ether oxygens (including phenoxy) is 1.